The number of carbonyl (C=O) groups is 3. The fraction of sp³-hybridized carbons (Fsp3) is 0.125. The molecular formula is C24H20FN3O4. The Morgan fingerprint density at radius 1 is 0.938 bits per heavy atom. The van der Waals surface area contributed by atoms with Crippen LogP contribution in [0.15, 0.2) is 71.1 Å². The van der Waals surface area contributed by atoms with Crippen molar-refractivity contribution in [1.29, 1.82) is 0 Å². The number of nitrogens with one attached hydrogen (secondary N) is 2. The molecule has 4 aromatic rings. The van der Waals surface area contributed by atoms with E-state index in [-0.39, 0.29) is 18.4 Å². The fourth-order valence-corrected chi connectivity index (χ4v) is 3.43. The zero-order valence-electron chi connectivity index (χ0n) is 16.9. The molecule has 0 saturated heterocycles. The van der Waals surface area contributed by atoms with E-state index in [1.807, 2.05) is 24.3 Å². The number of halogens is 1. The average molecular weight is 433 g/mol. The van der Waals surface area contributed by atoms with Crippen LogP contribution in [0, 0.1) is 5.82 Å². The van der Waals surface area contributed by atoms with Crippen molar-refractivity contribution in [3.05, 3.63) is 78.1 Å². The van der Waals surface area contributed by atoms with Crippen LogP contribution in [-0.2, 0) is 9.59 Å². The zero-order valence-corrected chi connectivity index (χ0v) is 16.9. The zero-order chi connectivity index (χ0) is 22.7. The molecule has 8 heteroatoms. The van der Waals surface area contributed by atoms with Crippen LogP contribution < -0.4 is 16.4 Å². The highest BCUT2D eigenvalue weighted by atomic mass is 19.1. The Hall–Kier alpha value is -4.20. The predicted octanol–water partition coefficient (Wildman–Crippen LogP) is 3.73. The van der Waals surface area contributed by atoms with Crippen molar-refractivity contribution in [3.63, 3.8) is 0 Å². The molecule has 4 N–H and O–H groups in total. The summed E-state index contributed by atoms with van der Waals surface area (Å²) >= 11 is 0. The standard InChI is InChI=1S/C24H20FN3O4/c25-15-7-5-14(6-8-15)23(30)28-19(10-12-22(26)29)24(31)27-16-9-11-21-18(13-16)17-3-1-2-4-20(17)32-21/h1-9,11,13,19H,10,12H2,(H2,26,29)(H,27,31)(H,28,30)/t19-/m0/s1. The average Bonchev–Trinajstić information content (AvgIpc) is 3.14. The highest BCUT2D eigenvalue weighted by Crippen LogP contribution is 2.30. The maximum absolute atomic E-state index is 13.1. The van der Waals surface area contributed by atoms with E-state index in [4.69, 9.17) is 10.2 Å². The largest absolute Gasteiger partial charge is 0.456 e. The van der Waals surface area contributed by atoms with Gasteiger partial charge in [0.1, 0.15) is 23.0 Å². The lowest BCUT2D eigenvalue weighted by atomic mass is 10.1. The normalized spacial score (nSPS) is 11.9. The van der Waals surface area contributed by atoms with E-state index in [0.717, 1.165) is 28.5 Å². The van der Waals surface area contributed by atoms with Gasteiger partial charge in [-0.3, -0.25) is 14.4 Å². The van der Waals surface area contributed by atoms with E-state index < -0.39 is 29.6 Å². The SMILES string of the molecule is NC(=O)CC[C@H](NC(=O)c1ccc(F)cc1)C(=O)Nc1ccc2oc3ccccc3c2c1. The topological polar surface area (TPSA) is 114 Å². The summed E-state index contributed by atoms with van der Waals surface area (Å²) in [6.45, 7) is 0. The van der Waals surface area contributed by atoms with E-state index in [1.165, 1.54) is 12.1 Å². The number of furan rings is 1. The maximum atomic E-state index is 13.1. The van der Waals surface area contributed by atoms with Gasteiger partial charge in [0.05, 0.1) is 0 Å². The Morgan fingerprint density at radius 2 is 1.66 bits per heavy atom. The maximum Gasteiger partial charge on any atom is 0.251 e. The van der Waals surface area contributed by atoms with Crippen molar-refractivity contribution in [1.82, 2.24) is 5.32 Å². The minimum Gasteiger partial charge on any atom is -0.456 e. The first-order valence-corrected chi connectivity index (χ1v) is 9.97. The van der Waals surface area contributed by atoms with Crippen molar-refractivity contribution < 1.29 is 23.2 Å². The van der Waals surface area contributed by atoms with Gasteiger partial charge in [-0.2, -0.15) is 0 Å². The highest BCUT2D eigenvalue weighted by Gasteiger charge is 2.22. The van der Waals surface area contributed by atoms with Gasteiger partial charge >= 0.3 is 0 Å². The van der Waals surface area contributed by atoms with Gasteiger partial charge in [0, 0.05) is 28.4 Å². The van der Waals surface area contributed by atoms with E-state index in [2.05, 4.69) is 10.6 Å². The monoisotopic (exact) mass is 433 g/mol. The second-order valence-corrected chi connectivity index (χ2v) is 7.34. The summed E-state index contributed by atoms with van der Waals surface area (Å²) in [5, 5.41) is 7.11. The quantitative estimate of drug-likeness (QED) is 0.412. The van der Waals surface area contributed by atoms with E-state index in [0.29, 0.717) is 11.3 Å². The molecular weight excluding hydrogens is 413 g/mol. The van der Waals surface area contributed by atoms with Gasteiger partial charge in [-0.05, 0) is 55.0 Å². The van der Waals surface area contributed by atoms with Gasteiger partial charge in [-0.1, -0.05) is 18.2 Å². The second kappa shape index (κ2) is 8.89. The number of anilines is 1. The van der Waals surface area contributed by atoms with Crippen molar-refractivity contribution in [2.75, 3.05) is 5.32 Å². The molecule has 0 radical (unpaired) electrons. The van der Waals surface area contributed by atoms with Gasteiger partial charge in [0.25, 0.3) is 5.91 Å². The molecule has 0 aliphatic rings. The molecule has 1 aromatic heterocycles. The van der Waals surface area contributed by atoms with Gasteiger partial charge in [-0.15, -0.1) is 0 Å². The number of hydrogen-bond acceptors (Lipinski definition) is 4. The van der Waals surface area contributed by atoms with Crippen LogP contribution in [0.3, 0.4) is 0 Å². The van der Waals surface area contributed by atoms with Crippen LogP contribution in [0.2, 0.25) is 0 Å². The van der Waals surface area contributed by atoms with E-state index in [9.17, 15) is 18.8 Å². The molecule has 0 fully saturated rings. The molecule has 4 rings (SSSR count). The second-order valence-electron chi connectivity index (χ2n) is 7.34. The van der Waals surface area contributed by atoms with Crippen LogP contribution in [0.5, 0.6) is 0 Å². The van der Waals surface area contributed by atoms with Crippen LogP contribution >= 0.6 is 0 Å². The summed E-state index contributed by atoms with van der Waals surface area (Å²) in [5.41, 5.74) is 7.33. The lowest BCUT2D eigenvalue weighted by Crippen LogP contribution is -2.44. The third kappa shape index (κ3) is 4.59. The summed E-state index contributed by atoms with van der Waals surface area (Å²) in [4.78, 5) is 36.7. The summed E-state index contributed by atoms with van der Waals surface area (Å²) < 4.78 is 18.9. The molecule has 0 aliphatic heterocycles. The Kier molecular flexibility index (Phi) is 5.85. The Bertz CT molecular complexity index is 1310. The Balaban J connectivity index is 1.54. The lowest BCUT2D eigenvalue weighted by molar-refractivity contribution is -0.119. The molecule has 0 bridgehead atoms. The molecule has 0 spiro atoms. The summed E-state index contributed by atoms with van der Waals surface area (Å²) in [5.74, 6) is -2.14. The minimum absolute atomic E-state index is 0.0188. The van der Waals surface area contributed by atoms with E-state index in [1.54, 1.807) is 18.2 Å². The van der Waals surface area contributed by atoms with Crippen molar-refractivity contribution >= 4 is 45.3 Å². The molecule has 1 heterocycles. The smallest absolute Gasteiger partial charge is 0.251 e. The number of primary amides is 1. The molecule has 3 aromatic carbocycles. The number of rotatable bonds is 7. The van der Waals surface area contributed by atoms with Crippen LogP contribution in [-0.4, -0.2) is 23.8 Å². The summed E-state index contributed by atoms with van der Waals surface area (Å²) in [6, 6.07) is 16.7. The van der Waals surface area contributed by atoms with Gasteiger partial charge < -0.3 is 20.8 Å². The number of benzene rings is 3. The number of amides is 3. The van der Waals surface area contributed by atoms with Crippen molar-refractivity contribution in [2.45, 2.75) is 18.9 Å². The molecule has 162 valence electrons. The first kappa shape index (κ1) is 21.0. The Labute approximate surface area is 182 Å². The van der Waals surface area contributed by atoms with Crippen LogP contribution in [0.1, 0.15) is 23.2 Å². The predicted molar refractivity (Wildman–Crippen MR) is 118 cm³/mol. The first-order chi connectivity index (χ1) is 15.4. The summed E-state index contributed by atoms with van der Waals surface area (Å²) in [7, 11) is 0. The number of nitrogens with two attached hydrogens (primary N) is 1. The molecule has 7 nitrogen and oxygen atoms in total. The number of carbonyl (C=O) groups excluding carboxylic acids is 3. The van der Waals surface area contributed by atoms with Crippen LogP contribution in [0.4, 0.5) is 10.1 Å². The van der Waals surface area contributed by atoms with Crippen molar-refractivity contribution in [3.8, 4) is 0 Å². The van der Waals surface area contributed by atoms with Crippen LogP contribution in [0.25, 0.3) is 21.9 Å². The third-order valence-corrected chi connectivity index (χ3v) is 5.05. The minimum atomic E-state index is -1.02. The third-order valence-electron chi connectivity index (χ3n) is 5.05. The number of para-hydroxylation sites is 1. The Morgan fingerprint density at radius 3 is 2.41 bits per heavy atom. The molecule has 0 unspecified atom stereocenters. The molecule has 0 saturated carbocycles. The van der Waals surface area contributed by atoms with Gasteiger partial charge in [0.15, 0.2) is 0 Å². The van der Waals surface area contributed by atoms with Gasteiger partial charge in [-0.25, -0.2) is 4.39 Å². The lowest BCUT2D eigenvalue weighted by Gasteiger charge is -2.18. The molecule has 3 amide bonds. The van der Waals surface area contributed by atoms with Crippen molar-refractivity contribution in [2.24, 2.45) is 5.73 Å². The highest BCUT2D eigenvalue weighted by molar-refractivity contribution is 6.07. The number of hydrogen-bond donors (Lipinski definition) is 3. The number of fused-ring (bicyclic) bond motifs is 3. The van der Waals surface area contributed by atoms with Gasteiger partial charge in [0.2, 0.25) is 11.8 Å². The fourth-order valence-electron chi connectivity index (χ4n) is 3.43. The first-order valence-electron chi connectivity index (χ1n) is 9.97. The molecule has 0 aliphatic carbocycles. The summed E-state index contributed by atoms with van der Waals surface area (Å²) in [6.07, 6.45) is -0.0713. The molecule has 32 heavy (non-hydrogen) atoms. The molecule has 1 atom stereocenters. The van der Waals surface area contributed by atoms with E-state index >= 15 is 0 Å².